The molecule has 3 nitrogen and oxygen atoms in total. The van der Waals surface area contributed by atoms with Gasteiger partial charge >= 0.3 is 0 Å². The van der Waals surface area contributed by atoms with Gasteiger partial charge in [0.15, 0.2) is 5.65 Å². The van der Waals surface area contributed by atoms with Crippen molar-refractivity contribution < 1.29 is 0 Å². The summed E-state index contributed by atoms with van der Waals surface area (Å²) in [6, 6.07) is 4.44. The molecule has 0 saturated carbocycles. The van der Waals surface area contributed by atoms with E-state index in [0.717, 1.165) is 35.5 Å². The Hall–Kier alpha value is -1.09. The zero-order chi connectivity index (χ0) is 12.4. The fourth-order valence-corrected chi connectivity index (χ4v) is 2.44. The molecule has 0 saturated heterocycles. The standard InChI is InChI=1S/C13H18ClN3/c1-4-10(5-2)17-12(8-14)16-11-7-6-9(3)15-13(11)17/h6-7,10H,4-5,8H2,1-3H3. The molecule has 0 radical (unpaired) electrons. The van der Waals surface area contributed by atoms with Crippen molar-refractivity contribution in [1.29, 1.82) is 0 Å². The number of hydrogen-bond acceptors (Lipinski definition) is 2. The predicted molar refractivity (Wildman–Crippen MR) is 71.4 cm³/mol. The number of imidazole rings is 1. The Labute approximate surface area is 107 Å². The highest BCUT2D eigenvalue weighted by molar-refractivity contribution is 6.16. The monoisotopic (exact) mass is 251 g/mol. The molecule has 2 heterocycles. The Morgan fingerprint density at radius 2 is 1.94 bits per heavy atom. The van der Waals surface area contributed by atoms with E-state index in [1.165, 1.54) is 0 Å². The second kappa shape index (κ2) is 5.05. The van der Waals surface area contributed by atoms with Crippen molar-refractivity contribution in [2.24, 2.45) is 0 Å². The molecule has 2 rings (SSSR count). The first-order valence-electron chi connectivity index (χ1n) is 6.11. The Morgan fingerprint density at radius 1 is 1.24 bits per heavy atom. The first-order valence-corrected chi connectivity index (χ1v) is 6.65. The molecule has 0 aliphatic carbocycles. The summed E-state index contributed by atoms with van der Waals surface area (Å²) in [4.78, 5) is 9.16. The third-order valence-corrected chi connectivity index (χ3v) is 3.42. The maximum Gasteiger partial charge on any atom is 0.160 e. The maximum absolute atomic E-state index is 5.99. The normalized spacial score (nSPS) is 11.6. The SMILES string of the molecule is CCC(CC)n1c(CCl)nc2ccc(C)nc21. The quantitative estimate of drug-likeness (QED) is 0.773. The van der Waals surface area contributed by atoms with Gasteiger partial charge in [-0.15, -0.1) is 11.6 Å². The third-order valence-electron chi connectivity index (χ3n) is 3.18. The molecule has 2 aromatic heterocycles. The van der Waals surface area contributed by atoms with Crippen LogP contribution in [0, 0.1) is 6.92 Å². The zero-order valence-corrected chi connectivity index (χ0v) is 11.3. The first-order chi connectivity index (χ1) is 8.21. The Bertz CT molecular complexity index is 515. The minimum atomic E-state index is 0.433. The molecule has 0 atom stereocenters. The number of nitrogens with zero attached hydrogens (tertiary/aromatic N) is 3. The molecule has 0 fully saturated rings. The molecular formula is C13H18ClN3. The molecular weight excluding hydrogens is 234 g/mol. The Kier molecular flexibility index (Phi) is 3.67. The number of alkyl halides is 1. The molecule has 0 aliphatic rings. The van der Waals surface area contributed by atoms with Gasteiger partial charge in [0.1, 0.15) is 11.3 Å². The molecule has 0 unspecified atom stereocenters. The second-order valence-corrected chi connectivity index (χ2v) is 4.56. The zero-order valence-electron chi connectivity index (χ0n) is 10.6. The molecule has 92 valence electrons. The molecule has 2 aromatic rings. The summed E-state index contributed by atoms with van der Waals surface area (Å²) in [5, 5.41) is 0. The van der Waals surface area contributed by atoms with Gasteiger partial charge in [0, 0.05) is 11.7 Å². The lowest BCUT2D eigenvalue weighted by Crippen LogP contribution is -2.10. The van der Waals surface area contributed by atoms with Crippen molar-refractivity contribution in [3.8, 4) is 0 Å². The second-order valence-electron chi connectivity index (χ2n) is 4.30. The van der Waals surface area contributed by atoms with Crippen molar-refractivity contribution in [3.05, 3.63) is 23.7 Å². The summed E-state index contributed by atoms with van der Waals surface area (Å²) >= 11 is 5.99. The molecule has 0 aromatic carbocycles. The van der Waals surface area contributed by atoms with Gasteiger partial charge in [0.25, 0.3) is 0 Å². The van der Waals surface area contributed by atoms with E-state index in [9.17, 15) is 0 Å². The summed E-state index contributed by atoms with van der Waals surface area (Å²) < 4.78 is 2.20. The number of fused-ring (bicyclic) bond motifs is 1. The number of pyridine rings is 1. The smallest absolute Gasteiger partial charge is 0.160 e. The van der Waals surface area contributed by atoms with Crippen molar-refractivity contribution in [1.82, 2.24) is 14.5 Å². The number of hydrogen-bond donors (Lipinski definition) is 0. The average Bonchev–Trinajstić information content (AvgIpc) is 2.69. The van der Waals surface area contributed by atoms with E-state index in [1.54, 1.807) is 0 Å². The molecule has 0 bridgehead atoms. The summed E-state index contributed by atoms with van der Waals surface area (Å²) in [7, 11) is 0. The maximum atomic E-state index is 5.99. The van der Waals surface area contributed by atoms with Crippen LogP contribution >= 0.6 is 11.6 Å². The van der Waals surface area contributed by atoms with E-state index in [0.29, 0.717) is 11.9 Å². The van der Waals surface area contributed by atoms with Gasteiger partial charge in [0.2, 0.25) is 0 Å². The van der Waals surface area contributed by atoms with E-state index < -0.39 is 0 Å². The average molecular weight is 252 g/mol. The van der Waals surface area contributed by atoms with Crippen LogP contribution in [0.4, 0.5) is 0 Å². The predicted octanol–water partition coefficient (Wildman–Crippen LogP) is 3.84. The number of halogens is 1. The fourth-order valence-electron chi connectivity index (χ4n) is 2.25. The highest BCUT2D eigenvalue weighted by Crippen LogP contribution is 2.25. The van der Waals surface area contributed by atoms with Crippen molar-refractivity contribution >= 4 is 22.8 Å². The minimum Gasteiger partial charge on any atom is -0.309 e. The Morgan fingerprint density at radius 3 is 2.53 bits per heavy atom. The van der Waals surface area contributed by atoms with Gasteiger partial charge in [-0.2, -0.15) is 0 Å². The lowest BCUT2D eigenvalue weighted by atomic mass is 10.1. The van der Waals surface area contributed by atoms with E-state index in [2.05, 4.69) is 28.4 Å². The van der Waals surface area contributed by atoms with E-state index in [4.69, 9.17) is 11.6 Å². The van der Waals surface area contributed by atoms with Crippen LogP contribution in [0.1, 0.15) is 44.2 Å². The van der Waals surface area contributed by atoms with Crippen molar-refractivity contribution in [3.63, 3.8) is 0 Å². The molecule has 17 heavy (non-hydrogen) atoms. The third kappa shape index (κ3) is 2.16. The van der Waals surface area contributed by atoms with Crippen LogP contribution in [0.5, 0.6) is 0 Å². The minimum absolute atomic E-state index is 0.433. The van der Waals surface area contributed by atoms with Gasteiger partial charge in [-0.3, -0.25) is 0 Å². The van der Waals surface area contributed by atoms with Crippen molar-refractivity contribution in [2.75, 3.05) is 0 Å². The first kappa shape index (κ1) is 12.4. The topological polar surface area (TPSA) is 30.7 Å². The van der Waals surface area contributed by atoms with Gasteiger partial charge in [-0.05, 0) is 31.9 Å². The fraction of sp³-hybridized carbons (Fsp3) is 0.538. The highest BCUT2D eigenvalue weighted by Gasteiger charge is 2.17. The Balaban J connectivity index is 2.67. The van der Waals surface area contributed by atoms with E-state index >= 15 is 0 Å². The van der Waals surface area contributed by atoms with Crippen LogP contribution in [0.2, 0.25) is 0 Å². The number of rotatable bonds is 4. The summed E-state index contributed by atoms with van der Waals surface area (Å²) in [6.07, 6.45) is 2.14. The molecule has 0 N–H and O–H groups in total. The summed E-state index contributed by atoms with van der Waals surface area (Å²) in [6.45, 7) is 6.38. The molecule has 0 spiro atoms. The van der Waals surface area contributed by atoms with E-state index in [-0.39, 0.29) is 0 Å². The van der Waals surface area contributed by atoms with E-state index in [1.807, 2.05) is 19.1 Å². The summed E-state index contributed by atoms with van der Waals surface area (Å²) in [5.74, 6) is 1.36. The summed E-state index contributed by atoms with van der Waals surface area (Å²) in [5.41, 5.74) is 2.93. The molecule has 4 heteroatoms. The van der Waals surface area contributed by atoms with Crippen LogP contribution in [0.3, 0.4) is 0 Å². The van der Waals surface area contributed by atoms with Crippen LogP contribution in [-0.4, -0.2) is 14.5 Å². The lowest BCUT2D eigenvalue weighted by molar-refractivity contribution is 0.469. The van der Waals surface area contributed by atoms with Crippen LogP contribution in [0.25, 0.3) is 11.2 Å². The van der Waals surface area contributed by atoms with Crippen molar-refractivity contribution in [2.45, 2.75) is 45.5 Å². The molecule has 0 amide bonds. The van der Waals surface area contributed by atoms with Crippen LogP contribution in [0.15, 0.2) is 12.1 Å². The lowest BCUT2D eigenvalue weighted by Gasteiger charge is -2.17. The number of aryl methyl sites for hydroxylation is 1. The van der Waals surface area contributed by atoms with Gasteiger partial charge in [-0.1, -0.05) is 13.8 Å². The highest BCUT2D eigenvalue weighted by atomic mass is 35.5. The van der Waals surface area contributed by atoms with Gasteiger partial charge in [-0.25, -0.2) is 9.97 Å². The molecule has 0 aliphatic heterocycles. The van der Waals surface area contributed by atoms with Crippen LogP contribution < -0.4 is 0 Å². The number of aromatic nitrogens is 3. The van der Waals surface area contributed by atoms with Gasteiger partial charge < -0.3 is 4.57 Å². The largest absolute Gasteiger partial charge is 0.309 e. The van der Waals surface area contributed by atoms with Gasteiger partial charge in [0.05, 0.1) is 5.88 Å². The van der Waals surface area contributed by atoms with Crippen LogP contribution in [-0.2, 0) is 5.88 Å².